The Hall–Kier alpha value is -2.70. The fourth-order valence-corrected chi connectivity index (χ4v) is 2.87. The first-order valence-electron chi connectivity index (χ1n) is 8.37. The Balaban J connectivity index is 2.35. The summed E-state index contributed by atoms with van der Waals surface area (Å²) in [5.74, 6) is -0.425. The van der Waals surface area contributed by atoms with Gasteiger partial charge in [0.15, 0.2) is 0 Å². The molecule has 1 atom stereocenters. The molecule has 2 aromatic rings. The van der Waals surface area contributed by atoms with Gasteiger partial charge in [-0.15, -0.1) is 0 Å². The maximum Gasteiger partial charge on any atom is 0.408 e. The van der Waals surface area contributed by atoms with Crippen molar-refractivity contribution < 1.29 is 24.2 Å². The molecule has 1 amide bonds. The molecule has 2 rings (SSSR count). The van der Waals surface area contributed by atoms with Gasteiger partial charge in [-0.25, -0.2) is 9.59 Å². The minimum absolute atomic E-state index is 0.144. The number of carbonyl (C=O) groups excluding carboxylic acids is 1. The number of alkyl carbamates (subject to hydrolysis) is 1. The molecule has 7 heteroatoms. The van der Waals surface area contributed by atoms with Crippen molar-refractivity contribution in [3.05, 3.63) is 29.5 Å². The lowest BCUT2D eigenvalue weighted by molar-refractivity contribution is -0.139. The number of aliphatic carboxylic acids is 1. The van der Waals surface area contributed by atoms with Crippen molar-refractivity contribution in [3.63, 3.8) is 0 Å². The highest BCUT2D eigenvalue weighted by atomic mass is 16.6. The second-order valence-electron chi connectivity index (χ2n) is 7.25. The summed E-state index contributed by atoms with van der Waals surface area (Å²) in [7, 11) is 3.51. The molecule has 7 nitrogen and oxygen atoms in total. The van der Waals surface area contributed by atoms with Crippen LogP contribution in [0.4, 0.5) is 4.79 Å². The van der Waals surface area contributed by atoms with Gasteiger partial charge in [-0.05, 0) is 51.5 Å². The van der Waals surface area contributed by atoms with Crippen LogP contribution >= 0.6 is 0 Å². The number of benzene rings is 1. The Kier molecular flexibility index (Phi) is 5.49. The Morgan fingerprint density at radius 3 is 2.50 bits per heavy atom. The third-order valence-electron chi connectivity index (χ3n) is 4.23. The van der Waals surface area contributed by atoms with E-state index in [-0.39, 0.29) is 6.42 Å². The number of aryl methyl sites for hydroxylation is 1. The smallest absolute Gasteiger partial charge is 0.408 e. The van der Waals surface area contributed by atoms with Gasteiger partial charge in [-0.2, -0.15) is 0 Å². The zero-order chi connectivity index (χ0) is 19.6. The molecule has 0 fully saturated rings. The van der Waals surface area contributed by atoms with E-state index in [9.17, 15) is 14.7 Å². The molecule has 1 aromatic heterocycles. The molecule has 0 saturated heterocycles. The number of carboxylic acid groups (broad SMARTS) is 1. The minimum Gasteiger partial charge on any atom is -0.497 e. The topological polar surface area (TPSA) is 89.8 Å². The number of aromatic nitrogens is 1. The first kappa shape index (κ1) is 19.6. The molecular weight excluding hydrogens is 336 g/mol. The number of carbonyl (C=O) groups is 2. The van der Waals surface area contributed by atoms with Gasteiger partial charge < -0.3 is 24.5 Å². The molecule has 1 heterocycles. The van der Waals surface area contributed by atoms with E-state index < -0.39 is 23.7 Å². The molecular formula is C19H26N2O5. The average Bonchev–Trinajstić information content (AvgIpc) is 2.76. The number of ether oxygens (including phenoxy) is 2. The van der Waals surface area contributed by atoms with E-state index in [4.69, 9.17) is 9.47 Å². The molecule has 0 spiro atoms. The van der Waals surface area contributed by atoms with Gasteiger partial charge in [0.1, 0.15) is 17.4 Å². The lowest BCUT2D eigenvalue weighted by Gasteiger charge is -2.22. The number of methoxy groups -OCH3 is 1. The number of amides is 1. The number of fused-ring (bicyclic) bond motifs is 1. The van der Waals surface area contributed by atoms with Crippen molar-refractivity contribution in [2.45, 2.75) is 45.8 Å². The zero-order valence-corrected chi connectivity index (χ0v) is 16.0. The number of nitrogens with one attached hydrogen (secondary N) is 1. The second kappa shape index (κ2) is 7.27. The number of hydrogen-bond donors (Lipinski definition) is 2. The summed E-state index contributed by atoms with van der Waals surface area (Å²) in [4.78, 5) is 23.7. The number of rotatable bonds is 5. The molecule has 0 saturated carbocycles. The van der Waals surface area contributed by atoms with E-state index in [2.05, 4.69) is 5.32 Å². The molecule has 0 aliphatic heterocycles. The molecule has 26 heavy (non-hydrogen) atoms. The van der Waals surface area contributed by atoms with Crippen LogP contribution in [0.2, 0.25) is 0 Å². The van der Waals surface area contributed by atoms with Crippen molar-refractivity contribution in [1.82, 2.24) is 9.88 Å². The van der Waals surface area contributed by atoms with Crippen molar-refractivity contribution in [3.8, 4) is 5.75 Å². The summed E-state index contributed by atoms with van der Waals surface area (Å²) in [6, 6.07) is 4.57. The molecule has 0 radical (unpaired) electrons. The Bertz CT molecular complexity index is 833. The predicted octanol–water partition coefficient (Wildman–Crippen LogP) is 3.02. The highest BCUT2D eigenvalue weighted by Crippen LogP contribution is 2.29. The van der Waals surface area contributed by atoms with Crippen LogP contribution in [-0.4, -0.2) is 40.5 Å². The summed E-state index contributed by atoms with van der Waals surface area (Å²) >= 11 is 0. The molecule has 0 bridgehead atoms. The largest absolute Gasteiger partial charge is 0.497 e. The summed E-state index contributed by atoms with van der Waals surface area (Å²) < 4.78 is 12.5. The van der Waals surface area contributed by atoms with E-state index in [1.165, 1.54) is 0 Å². The third-order valence-corrected chi connectivity index (χ3v) is 4.23. The van der Waals surface area contributed by atoms with Crippen LogP contribution in [0.3, 0.4) is 0 Å². The number of hydrogen-bond acceptors (Lipinski definition) is 4. The summed E-state index contributed by atoms with van der Waals surface area (Å²) in [5, 5.41) is 12.9. The highest BCUT2D eigenvalue weighted by Gasteiger charge is 2.26. The monoisotopic (exact) mass is 362 g/mol. The van der Waals surface area contributed by atoms with Gasteiger partial charge in [0.2, 0.25) is 0 Å². The number of carboxylic acids is 1. The lowest BCUT2D eigenvalue weighted by Crippen LogP contribution is -2.44. The Labute approximate surface area is 152 Å². The van der Waals surface area contributed by atoms with Gasteiger partial charge in [0, 0.05) is 30.1 Å². The standard InChI is InChI=1S/C19H26N2O5/c1-11-13(14-9-12(25-6)7-8-16(14)21(11)5)10-15(17(22)23)20-18(24)26-19(2,3)4/h7-9,15H,10H2,1-6H3,(H,20,24)(H,22,23). The van der Waals surface area contributed by atoms with Crippen molar-refractivity contribution in [1.29, 1.82) is 0 Å². The van der Waals surface area contributed by atoms with Crippen LogP contribution in [-0.2, 0) is 23.0 Å². The lowest BCUT2D eigenvalue weighted by atomic mass is 10.0. The van der Waals surface area contributed by atoms with Gasteiger partial charge in [-0.3, -0.25) is 0 Å². The fourth-order valence-electron chi connectivity index (χ4n) is 2.87. The summed E-state index contributed by atoms with van der Waals surface area (Å²) in [6.45, 7) is 7.10. The van der Waals surface area contributed by atoms with Gasteiger partial charge in [0.05, 0.1) is 7.11 Å². The molecule has 1 unspecified atom stereocenters. The Morgan fingerprint density at radius 2 is 1.96 bits per heavy atom. The van der Waals surface area contributed by atoms with Crippen molar-refractivity contribution >= 4 is 23.0 Å². The van der Waals surface area contributed by atoms with Crippen LogP contribution in [0.5, 0.6) is 5.75 Å². The van der Waals surface area contributed by atoms with Gasteiger partial charge >= 0.3 is 12.1 Å². The average molecular weight is 362 g/mol. The zero-order valence-electron chi connectivity index (χ0n) is 16.0. The van der Waals surface area contributed by atoms with E-state index in [0.717, 1.165) is 22.2 Å². The minimum atomic E-state index is -1.12. The molecule has 0 aliphatic rings. The normalized spacial score (nSPS) is 12.7. The molecule has 2 N–H and O–H groups in total. The fraction of sp³-hybridized carbons (Fsp3) is 0.474. The van der Waals surface area contributed by atoms with Crippen LogP contribution in [0, 0.1) is 6.92 Å². The predicted molar refractivity (Wildman–Crippen MR) is 98.7 cm³/mol. The SMILES string of the molecule is COc1ccc2c(c1)c(CC(NC(=O)OC(C)(C)C)C(=O)O)c(C)n2C. The van der Waals surface area contributed by atoms with E-state index in [0.29, 0.717) is 5.75 Å². The van der Waals surface area contributed by atoms with Crippen LogP contribution in [0.1, 0.15) is 32.0 Å². The Morgan fingerprint density at radius 1 is 1.31 bits per heavy atom. The molecule has 142 valence electrons. The van der Waals surface area contributed by atoms with E-state index >= 15 is 0 Å². The third kappa shape index (κ3) is 4.28. The quantitative estimate of drug-likeness (QED) is 0.853. The molecule has 0 aliphatic carbocycles. The highest BCUT2D eigenvalue weighted by molar-refractivity contribution is 5.88. The van der Waals surface area contributed by atoms with Crippen LogP contribution in [0.25, 0.3) is 10.9 Å². The maximum atomic E-state index is 12.0. The number of nitrogens with zero attached hydrogens (tertiary/aromatic N) is 1. The van der Waals surface area contributed by atoms with Gasteiger partial charge in [0.25, 0.3) is 0 Å². The second-order valence-corrected chi connectivity index (χ2v) is 7.25. The summed E-state index contributed by atoms with van der Waals surface area (Å²) in [6.07, 6.45) is -0.606. The van der Waals surface area contributed by atoms with Crippen molar-refractivity contribution in [2.75, 3.05) is 7.11 Å². The first-order chi connectivity index (χ1) is 12.0. The van der Waals surface area contributed by atoms with Gasteiger partial charge in [-0.1, -0.05) is 0 Å². The molecule has 1 aromatic carbocycles. The van der Waals surface area contributed by atoms with Crippen LogP contribution < -0.4 is 10.1 Å². The van der Waals surface area contributed by atoms with E-state index in [1.807, 2.05) is 36.7 Å². The first-order valence-corrected chi connectivity index (χ1v) is 8.37. The van der Waals surface area contributed by atoms with E-state index in [1.54, 1.807) is 27.9 Å². The van der Waals surface area contributed by atoms with Crippen LogP contribution in [0.15, 0.2) is 18.2 Å². The maximum absolute atomic E-state index is 12.0. The summed E-state index contributed by atoms with van der Waals surface area (Å²) in [5.41, 5.74) is 2.06. The van der Waals surface area contributed by atoms with Crippen molar-refractivity contribution in [2.24, 2.45) is 7.05 Å².